The summed E-state index contributed by atoms with van der Waals surface area (Å²) in [5.41, 5.74) is 5.47. The predicted octanol–water partition coefficient (Wildman–Crippen LogP) is 9.06. The van der Waals surface area contributed by atoms with Crippen molar-refractivity contribution in [1.82, 2.24) is 7.05 Å². The Labute approximate surface area is 362 Å². The Bertz CT molecular complexity index is 3050. The van der Waals surface area contributed by atoms with Gasteiger partial charge < -0.3 is 0 Å². The molecule has 11 heteroatoms. The molecule has 6 heterocycles. The van der Waals surface area contributed by atoms with Crippen molar-refractivity contribution in [2.75, 3.05) is 13.2 Å². The second kappa shape index (κ2) is 12.7. The van der Waals surface area contributed by atoms with Crippen LogP contribution in [0.1, 0.15) is 86.5 Å². The van der Waals surface area contributed by atoms with Gasteiger partial charge in [0.2, 0.25) is 0 Å². The van der Waals surface area contributed by atoms with Crippen LogP contribution in [-0.4, -0.2) is 58.0 Å². The molecule has 6 aliphatic carbocycles. The molecule has 0 amide bonds. The van der Waals surface area contributed by atoms with Gasteiger partial charge in [-0.25, -0.2) is 0 Å². The number of hydrogen-bond acceptors (Lipinski definition) is 8. The van der Waals surface area contributed by atoms with Gasteiger partial charge >= 0.3 is 364 Å². The Balaban J connectivity index is 1.11. The quantitative estimate of drug-likeness (QED) is 0.156. The Hall–Kier alpha value is -5.30. The van der Waals surface area contributed by atoms with Crippen molar-refractivity contribution < 1.29 is 7.53 Å². The van der Waals surface area contributed by atoms with Crippen molar-refractivity contribution in [2.45, 2.75) is 64.2 Å². The van der Waals surface area contributed by atoms with Gasteiger partial charge in [-0.2, -0.15) is 0 Å². The van der Waals surface area contributed by atoms with Crippen LogP contribution in [0.25, 0.3) is 21.5 Å². The predicted molar refractivity (Wildman–Crippen MR) is 243 cm³/mol. The van der Waals surface area contributed by atoms with Crippen molar-refractivity contribution >= 4 is 70.9 Å². The van der Waals surface area contributed by atoms with Gasteiger partial charge in [0.25, 0.3) is 0 Å². The second-order valence-corrected chi connectivity index (χ2v) is 25.5. The first kappa shape index (κ1) is 35.2. The summed E-state index contributed by atoms with van der Waals surface area (Å²) in [6, 6.07) is 34.0. The maximum absolute atomic E-state index is 8.28. The number of aromatic nitrogens is 2. The van der Waals surface area contributed by atoms with E-state index in [9.17, 15) is 0 Å². The minimum absolute atomic E-state index is 0.0970. The molecule has 62 heavy (non-hydrogen) atoms. The normalized spacial score (nSPS) is 31.3. The summed E-state index contributed by atoms with van der Waals surface area (Å²) in [6.07, 6.45) is 12.9. The van der Waals surface area contributed by atoms with Crippen LogP contribution in [0.3, 0.4) is 0 Å². The van der Waals surface area contributed by atoms with E-state index < -0.39 is 14.4 Å². The molecule has 10 aliphatic rings. The molecule has 2 aromatic heterocycles. The molecule has 4 unspecified atom stereocenters. The van der Waals surface area contributed by atoms with E-state index in [0.717, 1.165) is 90.1 Å². The molecule has 4 aromatic carbocycles. The Kier molecular flexibility index (Phi) is 7.19. The molecular formula is C51H46GeN8O2. The van der Waals surface area contributed by atoms with E-state index in [1.807, 2.05) is 0 Å². The fourth-order valence-corrected chi connectivity index (χ4v) is 21.5. The molecule has 0 saturated heterocycles. The van der Waals surface area contributed by atoms with E-state index in [2.05, 4.69) is 104 Å². The fourth-order valence-electron chi connectivity index (χ4n) is 14.2. The summed E-state index contributed by atoms with van der Waals surface area (Å²) in [4.78, 5) is 33.4. The molecule has 12 bridgehead atoms. The third-order valence-corrected chi connectivity index (χ3v) is 22.8. The van der Waals surface area contributed by atoms with Crippen LogP contribution >= 0.6 is 0 Å². The van der Waals surface area contributed by atoms with Crippen molar-refractivity contribution in [3.63, 3.8) is 0 Å². The van der Waals surface area contributed by atoms with Crippen LogP contribution in [0.15, 0.2) is 127 Å². The van der Waals surface area contributed by atoms with Gasteiger partial charge in [0.15, 0.2) is 0 Å². The fraction of sp³-hybridized carbons (Fsp3) is 0.373. The van der Waals surface area contributed by atoms with E-state index in [-0.39, 0.29) is 5.41 Å². The summed E-state index contributed by atoms with van der Waals surface area (Å²) >= 11 is -5.01. The van der Waals surface area contributed by atoms with Crippen LogP contribution in [0, 0.1) is 40.9 Å². The molecule has 6 saturated carbocycles. The van der Waals surface area contributed by atoms with Crippen molar-refractivity contribution in [3.8, 4) is 0 Å². The Morgan fingerprint density at radius 3 is 1.45 bits per heavy atom. The topological polar surface area (TPSA) is 102 Å². The molecular weight excluding hydrogens is 829 g/mol. The average molecular weight is 876 g/mol. The first-order valence-corrected chi connectivity index (χ1v) is 26.7. The van der Waals surface area contributed by atoms with Gasteiger partial charge in [-0.05, 0) is 0 Å². The molecule has 0 spiro atoms. The van der Waals surface area contributed by atoms with Gasteiger partial charge in [-0.15, -0.1) is 0 Å². The summed E-state index contributed by atoms with van der Waals surface area (Å²) in [6.45, 7) is 1.24. The van der Waals surface area contributed by atoms with E-state index in [1.165, 1.54) is 64.2 Å². The monoisotopic (exact) mass is 876 g/mol. The Morgan fingerprint density at radius 1 is 0.484 bits per heavy atom. The summed E-state index contributed by atoms with van der Waals surface area (Å²) in [5, 5.41) is 3.95. The van der Waals surface area contributed by atoms with Crippen LogP contribution in [0.2, 0.25) is 0 Å². The van der Waals surface area contributed by atoms with E-state index in [0.29, 0.717) is 48.4 Å². The standard InChI is InChI=1S/C51H46GeN8O2/c1-2-10-36-35(9-1)43-53-44(36)56-48-41-15-7-8-16-42(41)50-58-46-38-12-4-3-11-37(38)45(54-46)57-49-40-14-6-5-13-39(40)47(55-43)59(49)52(60(48)50,61-27-34-23-29-17-18-33(34)22-29)62-28-51-24-30-19-31(25-51)21-32(20-30)26-51/h1-16,29-34H,17-28H2. The number of hydrogen-bond donors (Lipinski definition) is 0. The third kappa shape index (κ3) is 4.89. The van der Waals surface area contributed by atoms with Crippen LogP contribution < -0.4 is 11.0 Å². The van der Waals surface area contributed by atoms with E-state index in [1.54, 1.807) is 0 Å². The van der Waals surface area contributed by atoms with Crippen LogP contribution in [0.5, 0.6) is 0 Å². The molecule has 306 valence electrons. The van der Waals surface area contributed by atoms with Gasteiger partial charge in [0, 0.05) is 0 Å². The van der Waals surface area contributed by atoms with Crippen LogP contribution in [-0.2, 0) is 7.53 Å². The summed E-state index contributed by atoms with van der Waals surface area (Å²) in [7, 11) is 0. The number of nitrogens with zero attached hydrogens (tertiary/aromatic N) is 8. The molecule has 6 fully saturated rings. The molecule has 0 radical (unpaired) electrons. The van der Waals surface area contributed by atoms with Gasteiger partial charge in [-0.3, -0.25) is 0 Å². The minimum atomic E-state index is -5.01. The number of amidine groups is 4. The van der Waals surface area contributed by atoms with Gasteiger partial charge in [0.05, 0.1) is 0 Å². The van der Waals surface area contributed by atoms with E-state index in [4.69, 9.17) is 37.5 Å². The first-order valence-electron chi connectivity index (χ1n) is 23.1. The zero-order valence-corrected chi connectivity index (χ0v) is 36.7. The number of aliphatic imine (C=N–C) groups is 4. The van der Waals surface area contributed by atoms with E-state index >= 15 is 0 Å². The number of benzene rings is 4. The Morgan fingerprint density at radius 2 is 0.968 bits per heavy atom. The van der Waals surface area contributed by atoms with Crippen molar-refractivity contribution in [2.24, 2.45) is 70.9 Å². The SMILES string of the molecule is c1ccc2c(c1)C1=NC2=Nc2c3ccccc3c3[n]2[Ge]([O]CC2CC4CCC2C4)([O]CC24CC5CC(CC(C5)C2)C4)[n]2c(c4ccccc4c2=NC2=NC(=N3)c3ccccc32)=N1. The zero-order valence-electron chi connectivity index (χ0n) is 34.6. The molecule has 10 nitrogen and oxygen atoms in total. The molecule has 4 atom stereocenters. The maximum atomic E-state index is 8.28. The van der Waals surface area contributed by atoms with Crippen molar-refractivity contribution in [1.29, 1.82) is 0 Å². The summed E-state index contributed by atoms with van der Waals surface area (Å²) in [5.74, 6) is 8.33. The zero-order chi connectivity index (χ0) is 40.3. The number of rotatable bonds is 6. The summed E-state index contributed by atoms with van der Waals surface area (Å²) < 4.78 is 21.2. The molecule has 6 aromatic rings. The average Bonchev–Trinajstić information content (AvgIpc) is 4.15. The molecule has 4 aliphatic heterocycles. The number of fused-ring (bicyclic) bond motifs is 16. The van der Waals surface area contributed by atoms with Crippen LogP contribution in [0.4, 0.5) is 11.6 Å². The first-order chi connectivity index (χ1) is 30.6. The van der Waals surface area contributed by atoms with Crippen molar-refractivity contribution in [3.05, 3.63) is 130 Å². The third-order valence-electron chi connectivity index (χ3n) is 16.4. The van der Waals surface area contributed by atoms with Gasteiger partial charge in [-0.1, -0.05) is 0 Å². The molecule has 16 rings (SSSR count). The van der Waals surface area contributed by atoms with Gasteiger partial charge in [0.1, 0.15) is 0 Å². The molecule has 0 N–H and O–H groups in total. The second-order valence-electron chi connectivity index (χ2n) is 20.1.